The standard InChI is InChI=1S/C38H27BN4O2/c1-18-23-16-25-21-10-6-8-12-29(21)44-36(25)32-34(23)42(40-18)27-14-20(38(3,4)5)15-28-31(27)39(32)33-35-24(19(2)41-43(28)35)17-26-22-11-7-9-13-30(22)45-37(26)33/h6-17H,1-5H3. The molecular weight excluding hydrogens is 555 g/mol. The highest BCUT2D eigenvalue weighted by Crippen LogP contribution is 2.41. The quantitative estimate of drug-likeness (QED) is 0.177. The van der Waals surface area contributed by atoms with Crippen molar-refractivity contribution in [3.63, 3.8) is 0 Å². The van der Waals surface area contributed by atoms with E-state index < -0.39 is 0 Å². The van der Waals surface area contributed by atoms with E-state index >= 15 is 0 Å². The number of aromatic nitrogens is 4. The molecule has 0 N–H and O–H groups in total. The van der Waals surface area contributed by atoms with Gasteiger partial charge in [0, 0.05) is 43.2 Å². The Morgan fingerprint density at radius 3 is 1.51 bits per heavy atom. The summed E-state index contributed by atoms with van der Waals surface area (Å²) in [7, 11) is 0. The first-order valence-corrected chi connectivity index (χ1v) is 15.6. The SMILES string of the molecule is Cc1nn2c3c(c4oc5ccccc5c4cc13)B1c3c-2cc(C(C)(C)C)cc3-n2nc(C)c3cc4c(oc5ccccc54)c1c32. The largest absolute Gasteiger partial charge is 0.457 e. The van der Waals surface area contributed by atoms with Gasteiger partial charge < -0.3 is 8.83 Å². The lowest BCUT2D eigenvalue weighted by Gasteiger charge is -2.33. The fourth-order valence-electron chi connectivity index (χ4n) is 8.28. The van der Waals surface area contributed by atoms with E-state index in [0.717, 1.165) is 99.4 Å². The summed E-state index contributed by atoms with van der Waals surface area (Å²) in [5.74, 6) is 0. The van der Waals surface area contributed by atoms with Gasteiger partial charge >= 0.3 is 0 Å². The summed E-state index contributed by atoms with van der Waals surface area (Å²) >= 11 is 0. The number of nitrogens with zero attached hydrogens (tertiary/aromatic N) is 4. The second-order valence-corrected chi connectivity index (χ2v) is 13.9. The van der Waals surface area contributed by atoms with Crippen LogP contribution in [-0.4, -0.2) is 26.3 Å². The van der Waals surface area contributed by atoms with Crippen LogP contribution in [0, 0.1) is 13.8 Å². The van der Waals surface area contributed by atoms with Gasteiger partial charge in [-0.2, -0.15) is 10.2 Å². The van der Waals surface area contributed by atoms with Crippen LogP contribution in [0.1, 0.15) is 37.7 Å². The summed E-state index contributed by atoms with van der Waals surface area (Å²) < 4.78 is 18.0. The average Bonchev–Trinajstić information content (AvgIpc) is 3.77. The Kier molecular flexibility index (Phi) is 4.01. The first kappa shape index (κ1) is 24.1. The molecule has 45 heavy (non-hydrogen) atoms. The summed E-state index contributed by atoms with van der Waals surface area (Å²) in [5, 5.41) is 17.3. The molecule has 2 aliphatic heterocycles. The predicted molar refractivity (Wildman–Crippen MR) is 183 cm³/mol. The average molecular weight is 582 g/mol. The van der Waals surface area contributed by atoms with Crippen molar-refractivity contribution < 1.29 is 8.83 Å². The fraction of sp³-hybridized carbons (Fsp3) is 0.158. The van der Waals surface area contributed by atoms with E-state index in [1.807, 2.05) is 12.1 Å². The minimum absolute atomic E-state index is 0.0738. The van der Waals surface area contributed by atoms with Crippen LogP contribution < -0.4 is 16.4 Å². The maximum absolute atomic E-state index is 6.84. The number of rotatable bonds is 0. The Morgan fingerprint density at radius 1 is 0.578 bits per heavy atom. The highest BCUT2D eigenvalue weighted by atomic mass is 16.3. The molecule has 6 nitrogen and oxygen atoms in total. The van der Waals surface area contributed by atoms with E-state index in [1.165, 1.54) is 11.0 Å². The zero-order chi connectivity index (χ0) is 30.1. The maximum Gasteiger partial charge on any atom is 0.262 e. The highest BCUT2D eigenvalue weighted by molar-refractivity contribution is 7.02. The molecule has 0 aliphatic carbocycles. The molecule has 0 saturated carbocycles. The normalized spacial score (nSPS) is 13.8. The van der Waals surface area contributed by atoms with Gasteiger partial charge in [-0.05, 0) is 66.7 Å². The van der Waals surface area contributed by atoms with Gasteiger partial charge in [-0.1, -0.05) is 57.2 Å². The van der Waals surface area contributed by atoms with Crippen LogP contribution in [0.15, 0.2) is 81.6 Å². The van der Waals surface area contributed by atoms with Gasteiger partial charge in [-0.15, -0.1) is 0 Å². The van der Waals surface area contributed by atoms with Crippen LogP contribution in [0.2, 0.25) is 0 Å². The van der Waals surface area contributed by atoms with Crippen molar-refractivity contribution in [1.29, 1.82) is 0 Å². The summed E-state index contributed by atoms with van der Waals surface area (Å²) in [5.41, 5.74) is 14.7. The monoisotopic (exact) mass is 582 g/mol. The third-order valence-corrected chi connectivity index (χ3v) is 10.4. The van der Waals surface area contributed by atoms with Gasteiger partial charge in [0.25, 0.3) is 6.71 Å². The number of hydrogen-bond acceptors (Lipinski definition) is 4. The van der Waals surface area contributed by atoms with Gasteiger partial charge in [0.2, 0.25) is 0 Å². The highest BCUT2D eigenvalue weighted by Gasteiger charge is 2.45. The molecule has 9 aromatic rings. The van der Waals surface area contributed by atoms with Crippen molar-refractivity contribution in [2.45, 2.75) is 40.0 Å². The summed E-state index contributed by atoms with van der Waals surface area (Å²) in [4.78, 5) is 0. The van der Waals surface area contributed by atoms with Gasteiger partial charge in [-0.25, -0.2) is 9.36 Å². The molecule has 0 spiro atoms. The Hall–Kier alpha value is -5.30. The molecular formula is C38H27BN4O2. The first-order valence-electron chi connectivity index (χ1n) is 15.6. The maximum atomic E-state index is 6.84. The first-order chi connectivity index (χ1) is 21.8. The Bertz CT molecular complexity index is 2650. The van der Waals surface area contributed by atoms with Crippen LogP contribution in [0.25, 0.3) is 77.1 Å². The number of benzene rings is 5. The number of aryl methyl sites for hydroxylation is 2. The van der Waals surface area contributed by atoms with Crippen LogP contribution >= 0.6 is 0 Å². The Labute approximate surface area is 257 Å². The molecule has 0 fully saturated rings. The molecule has 4 aromatic heterocycles. The molecule has 2 aliphatic rings. The lowest BCUT2D eigenvalue weighted by atomic mass is 9.33. The van der Waals surface area contributed by atoms with Crippen molar-refractivity contribution in [3.05, 3.63) is 89.7 Å². The second-order valence-electron chi connectivity index (χ2n) is 13.9. The molecule has 6 heterocycles. The minimum Gasteiger partial charge on any atom is -0.457 e. The molecule has 214 valence electrons. The molecule has 0 radical (unpaired) electrons. The summed E-state index contributed by atoms with van der Waals surface area (Å²) in [6, 6.07) is 26.0. The zero-order valence-electron chi connectivity index (χ0n) is 25.6. The van der Waals surface area contributed by atoms with E-state index in [-0.39, 0.29) is 12.1 Å². The molecule has 0 bridgehead atoms. The number of fused-ring (bicyclic) bond motifs is 12. The Morgan fingerprint density at radius 2 is 1.04 bits per heavy atom. The van der Waals surface area contributed by atoms with Gasteiger partial charge in [0.1, 0.15) is 22.3 Å². The van der Waals surface area contributed by atoms with E-state index in [0.29, 0.717) is 0 Å². The van der Waals surface area contributed by atoms with E-state index in [9.17, 15) is 0 Å². The lowest BCUT2D eigenvalue weighted by molar-refractivity contribution is 0.589. The van der Waals surface area contributed by atoms with E-state index in [2.05, 4.69) is 105 Å². The van der Waals surface area contributed by atoms with Crippen molar-refractivity contribution in [2.24, 2.45) is 0 Å². The Balaban J connectivity index is 1.44. The minimum atomic E-state index is -0.144. The molecule has 0 unspecified atom stereocenters. The molecule has 7 heteroatoms. The van der Waals surface area contributed by atoms with E-state index in [4.69, 9.17) is 19.0 Å². The van der Waals surface area contributed by atoms with Crippen molar-refractivity contribution in [1.82, 2.24) is 19.6 Å². The summed E-state index contributed by atoms with van der Waals surface area (Å²) in [6.45, 7) is 10.9. The lowest BCUT2D eigenvalue weighted by Crippen LogP contribution is -2.60. The number of hydrogen-bond donors (Lipinski definition) is 0. The third-order valence-electron chi connectivity index (χ3n) is 10.4. The number of para-hydroxylation sites is 2. The predicted octanol–water partition coefficient (Wildman–Crippen LogP) is 7.22. The van der Waals surface area contributed by atoms with Gasteiger partial charge in [0.05, 0.1) is 33.8 Å². The van der Waals surface area contributed by atoms with Crippen molar-refractivity contribution in [2.75, 3.05) is 0 Å². The molecule has 0 saturated heterocycles. The van der Waals surface area contributed by atoms with E-state index in [1.54, 1.807) is 0 Å². The topological polar surface area (TPSA) is 61.9 Å². The van der Waals surface area contributed by atoms with Crippen molar-refractivity contribution >= 4 is 88.8 Å². The summed E-state index contributed by atoms with van der Waals surface area (Å²) in [6.07, 6.45) is 0. The van der Waals surface area contributed by atoms with Crippen LogP contribution in [0.5, 0.6) is 0 Å². The zero-order valence-corrected chi connectivity index (χ0v) is 25.6. The molecule has 5 aromatic carbocycles. The second kappa shape index (κ2) is 7.49. The van der Waals surface area contributed by atoms with Crippen molar-refractivity contribution in [3.8, 4) is 11.4 Å². The van der Waals surface area contributed by atoms with Gasteiger partial charge in [-0.3, -0.25) is 0 Å². The van der Waals surface area contributed by atoms with Gasteiger partial charge in [0.15, 0.2) is 0 Å². The van der Waals surface area contributed by atoms with Crippen LogP contribution in [0.4, 0.5) is 0 Å². The fourth-order valence-corrected chi connectivity index (χ4v) is 8.28. The van der Waals surface area contributed by atoms with Crippen LogP contribution in [0.3, 0.4) is 0 Å². The molecule has 0 amide bonds. The number of furan rings is 2. The third kappa shape index (κ3) is 2.71. The smallest absolute Gasteiger partial charge is 0.262 e. The molecule has 11 rings (SSSR count). The molecule has 0 atom stereocenters. The van der Waals surface area contributed by atoms with Crippen LogP contribution in [-0.2, 0) is 5.41 Å².